The fourth-order valence-corrected chi connectivity index (χ4v) is 1.83. The molecular weight excluding hydrogens is 170 g/mol. The molecule has 0 amide bonds. The first-order valence-corrected chi connectivity index (χ1v) is 5.34. The third kappa shape index (κ3) is 2.34. The summed E-state index contributed by atoms with van der Waals surface area (Å²) in [6.45, 7) is 13.1. The van der Waals surface area contributed by atoms with Crippen LogP contribution in [-0.4, -0.2) is 5.71 Å². The highest BCUT2D eigenvalue weighted by Gasteiger charge is 2.18. The summed E-state index contributed by atoms with van der Waals surface area (Å²) in [6.07, 6.45) is 3.34. The van der Waals surface area contributed by atoms with Gasteiger partial charge in [0.2, 0.25) is 0 Å². The summed E-state index contributed by atoms with van der Waals surface area (Å²) in [6, 6.07) is 0. The maximum atomic E-state index is 4.61. The lowest BCUT2D eigenvalue weighted by molar-refractivity contribution is 0.540. The molecule has 0 aromatic heterocycles. The highest BCUT2D eigenvalue weighted by molar-refractivity contribution is 6.02. The van der Waals surface area contributed by atoms with E-state index in [9.17, 15) is 0 Å². The van der Waals surface area contributed by atoms with E-state index in [0.717, 1.165) is 6.42 Å². The van der Waals surface area contributed by atoms with Crippen LogP contribution >= 0.6 is 0 Å². The summed E-state index contributed by atoms with van der Waals surface area (Å²) in [5, 5.41) is 0. The van der Waals surface area contributed by atoms with Gasteiger partial charge in [-0.15, -0.1) is 0 Å². The molecule has 1 aliphatic rings. The number of rotatable bonds is 1. The first kappa shape index (κ1) is 11.2. The monoisotopic (exact) mass is 191 g/mol. The molecule has 0 aromatic rings. The first-order valence-electron chi connectivity index (χ1n) is 5.34. The third-order valence-electron chi connectivity index (χ3n) is 2.49. The van der Waals surface area contributed by atoms with Gasteiger partial charge in [-0.1, -0.05) is 33.8 Å². The quantitative estimate of drug-likeness (QED) is 0.591. The summed E-state index contributed by atoms with van der Waals surface area (Å²) in [5.41, 5.74) is 5.36. The zero-order chi connectivity index (χ0) is 10.9. The maximum absolute atomic E-state index is 4.61. The average Bonchev–Trinajstić information content (AvgIpc) is 2.24. The molecule has 1 rings (SSSR count). The SMILES string of the molecule is CCC1=C(C)/C(=C\C(C)(C)C)N=C1C. The Labute approximate surface area is 87.6 Å². The van der Waals surface area contributed by atoms with E-state index in [2.05, 4.69) is 52.6 Å². The Morgan fingerprint density at radius 3 is 2.14 bits per heavy atom. The Morgan fingerprint density at radius 1 is 1.21 bits per heavy atom. The van der Waals surface area contributed by atoms with Crippen LogP contribution < -0.4 is 0 Å². The molecule has 1 heterocycles. The van der Waals surface area contributed by atoms with E-state index in [4.69, 9.17) is 0 Å². The van der Waals surface area contributed by atoms with E-state index < -0.39 is 0 Å². The number of allylic oxidation sites excluding steroid dienone is 3. The second-order valence-electron chi connectivity index (χ2n) is 5.05. The van der Waals surface area contributed by atoms with Crippen LogP contribution in [0.25, 0.3) is 0 Å². The van der Waals surface area contributed by atoms with Crippen molar-refractivity contribution >= 4 is 5.71 Å². The second kappa shape index (κ2) is 3.72. The molecule has 0 unspecified atom stereocenters. The van der Waals surface area contributed by atoms with Crippen molar-refractivity contribution in [1.29, 1.82) is 0 Å². The van der Waals surface area contributed by atoms with Crippen LogP contribution in [0.4, 0.5) is 0 Å². The minimum absolute atomic E-state index is 0.212. The van der Waals surface area contributed by atoms with Crippen LogP contribution in [0.15, 0.2) is 27.9 Å². The molecule has 0 aliphatic carbocycles. The minimum atomic E-state index is 0.212. The molecule has 0 fully saturated rings. The lowest BCUT2D eigenvalue weighted by atomic mass is 9.93. The van der Waals surface area contributed by atoms with Gasteiger partial charge in [-0.05, 0) is 36.8 Å². The van der Waals surface area contributed by atoms with Crippen LogP contribution in [0.3, 0.4) is 0 Å². The normalized spacial score (nSPS) is 20.7. The van der Waals surface area contributed by atoms with Crippen LogP contribution in [0.2, 0.25) is 0 Å². The zero-order valence-electron chi connectivity index (χ0n) is 10.2. The highest BCUT2D eigenvalue weighted by atomic mass is 14.8. The molecule has 0 N–H and O–H groups in total. The molecule has 14 heavy (non-hydrogen) atoms. The van der Waals surface area contributed by atoms with Crippen LogP contribution in [0.1, 0.15) is 48.0 Å². The largest absolute Gasteiger partial charge is 0.253 e. The average molecular weight is 191 g/mol. The van der Waals surface area contributed by atoms with E-state index in [0.29, 0.717) is 0 Å². The first-order chi connectivity index (χ1) is 6.35. The second-order valence-corrected chi connectivity index (χ2v) is 5.05. The topological polar surface area (TPSA) is 12.4 Å². The van der Waals surface area contributed by atoms with Gasteiger partial charge in [0.1, 0.15) is 0 Å². The maximum Gasteiger partial charge on any atom is 0.0630 e. The number of nitrogens with zero attached hydrogens (tertiary/aromatic N) is 1. The standard InChI is InChI=1S/C13H21N/c1-7-11-9(2)12(14-10(11)3)8-13(4,5)6/h8H,7H2,1-6H3/b12-8+. The predicted octanol–water partition coefficient (Wildman–Crippen LogP) is 4.12. The Bertz CT molecular complexity index is 322. The number of aliphatic imine (C=N–C) groups is 1. The van der Waals surface area contributed by atoms with Gasteiger partial charge in [0, 0.05) is 5.71 Å². The smallest absolute Gasteiger partial charge is 0.0630 e. The van der Waals surface area contributed by atoms with Crippen molar-refractivity contribution in [3.63, 3.8) is 0 Å². The number of hydrogen-bond donors (Lipinski definition) is 0. The van der Waals surface area contributed by atoms with Gasteiger partial charge in [-0.2, -0.15) is 0 Å². The fraction of sp³-hybridized carbons (Fsp3) is 0.615. The molecule has 78 valence electrons. The minimum Gasteiger partial charge on any atom is -0.253 e. The molecule has 0 saturated carbocycles. The summed E-state index contributed by atoms with van der Waals surface area (Å²) in [7, 11) is 0. The molecule has 1 nitrogen and oxygen atoms in total. The molecule has 1 heteroatoms. The summed E-state index contributed by atoms with van der Waals surface area (Å²) >= 11 is 0. The van der Waals surface area contributed by atoms with Crippen molar-refractivity contribution in [2.75, 3.05) is 0 Å². The summed E-state index contributed by atoms with van der Waals surface area (Å²) in [5.74, 6) is 0. The van der Waals surface area contributed by atoms with Crippen molar-refractivity contribution < 1.29 is 0 Å². The Hall–Kier alpha value is -0.850. The number of hydrogen-bond acceptors (Lipinski definition) is 1. The van der Waals surface area contributed by atoms with E-state index in [1.807, 2.05) is 0 Å². The zero-order valence-corrected chi connectivity index (χ0v) is 10.2. The predicted molar refractivity (Wildman–Crippen MR) is 63.6 cm³/mol. The molecular formula is C13H21N. The van der Waals surface area contributed by atoms with Gasteiger partial charge in [0.15, 0.2) is 0 Å². The lowest BCUT2D eigenvalue weighted by Crippen LogP contribution is -2.00. The van der Waals surface area contributed by atoms with Gasteiger partial charge >= 0.3 is 0 Å². The van der Waals surface area contributed by atoms with Crippen molar-refractivity contribution in [2.45, 2.75) is 48.0 Å². The lowest BCUT2D eigenvalue weighted by Gasteiger charge is -2.13. The molecule has 0 aromatic carbocycles. The molecule has 0 atom stereocenters. The summed E-state index contributed by atoms with van der Waals surface area (Å²) in [4.78, 5) is 4.61. The van der Waals surface area contributed by atoms with Crippen LogP contribution in [0.5, 0.6) is 0 Å². The van der Waals surface area contributed by atoms with Crippen LogP contribution in [-0.2, 0) is 0 Å². The van der Waals surface area contributed by atoms with E-state index in [1.54, 1.807) is 0 Å². The van der Waals surface area contributed by atoms with E-state index in [1.165, 1.54) is 22.6 Å². The Morgan fingerprint density at radius 2 is 1.79 bits per heavy atom. The molecule has 0 bridgehead atoms. The fourth-order valence-electron chi connectivity index (χ4n) is 1.83. The van der Waals surface area contributed by atoms with E-state index in [-0.39, 0.29) is 5.41 Å². The third-order valence-corrected chi connectivity index (χ3v) is 2.49. The Balaban J connectivity index is 3.09. The van der Waals surface area contributed by atoms with Gasteiger partial charge in [-0.25, -0.2) is 0 Å². The van der Waals surface area contributed by atoms with Gasteiger partial charge < -0.3 is 0 Å². The molecule has 0 radical (unpaired) electrons. The van der Waals surface area contributed by atoms with Crippen molar-refractivity contribution in [3.05, 3.63) is 22.9 Å². The molecule has 0 saturated heterocycles. The molecule has 1 aliphatic heterocycles. The van der Waals surface area contributed by atoms with Gasteiger partial charge in [-0.3, -0.25) is 4.99 Å². The van der Waals surface area contributed by atoms with Crippen molar-refractivity contribution in [2.24, 2.45) is 10.4 Å². The summed E-state index contributed by atoms with van der Waals surface area (Å²) < 4.78 is 0. The van der Waals surface area contributed by atoms with Crippen molar-refractivity contribution in [3.8, 4) is 0 Å². The van der Waals surface area contributed by atoms with Gasteiger partial charge in [0.05, 0.1) is 5.70 Å². The van der Waals surface area contributed by atoms with Gasteiger partial charge in [0.25, 0.3) is 0 Å². The Kier molecular flexibility index (Phi) is 2.98. The van der Waals surface area contributed by atoms with Crippen LogP contribution in [0, 0.1) is 5.41 Å². The molecule has 0 spiro atoms. The van der Waals surface area contributed by atoms with Crippen molar-refractivity contribution in [1.82, 2.24) is 0 Å². The highest BCUT2D eigenvalue weighted by Crippen LogP contribution is 2.30. The van der Waals surface area contributed by atoms with E-state index >= 15 is 0 Å².